The quantitative estimate of drug-likeness (QED) is 0.783. The van der Waals surface area contributed by atoms with Gasteiger partial charge < -0.3 is 15.0 Å². The molecule has 0 radical (unpaired) electrons. The van der Waals surface area contributed by atoms with Crippen molar-refractivity contribution in [2.24, 2.45) is 5.92 Å². The van der Waals surface area contributed by atoms with Crippen LogP contribution in [0.1, 0.15) is 45.4 Å². The molecule has 2 heterocycles. The Morgan fingerprint density at radius 2 is 2.05 bits per heavy atom. The summed E-state index contributed by atoms with van der Waals surface area (Å²) >= 11 is 0. The molecule has 2 aliphatic heterocycles. The van der Waals surface area contributed by atoms with Crippen molar-refractivity contribution in [1.82, 2.24) is 10.2 Å². The number of nitrogens with zero attached hydrogens (tertiary/aromatic N) is 1. The second kappa shape index (κ2) is 5.80. The summed E-state index contributed by atoms with van der Waals surface area (Å²) in [6, 6.07) is 0.652. The molecule has 19 heavy (non-hydrogen) atoms. The van der Waals surface area contributed by atoms with Crippen molar-refractivity contribution in [3.8, 4) is 0 Å². The number of hydrogen-bond acceptors (Lipinski definition) is 3. The van der Waals surface area contributed by atoms with Crippen LogP contribution >= 0.6 is 0 Å². The molecule has 4 atom stereocenters. The van der Waals surface area contributed by atoms with Gasteiger partial charge in [0.1, 0.15) is 0 Å². The third-order valence-electron chi connectivity index (χ3n) is 5.00. The van der Waals surface area contributed by atoms with E-state index in [2.05, 4.69) is 5.32 Å². The minimum Gasteiger partial charge on any atom is -0.375 e. The van der Waals surface area contributed by atoms with Gasteiger partial charge in [0.2, 0.25) is 5.91 Å². The van der Waals surface area contributed by atoms with Crippen molar-refractivity contribution in [3.63, 3.8) is 0 Å². The lowest BCUT2D eigenvalue weighted by Crippen LogP contribution is -2.57. The zero-order chi connectivity index (χ0) is 13.2. The monoisotopic (exact) mass is 266 g/mol. The van der Waals surface area contributed by atoms with Gasteiger partial charge in [0, 0.05) is 19.1 Å². The van der Waals surface area contributed by atoms with E-state index in [9.17, 15) is 4.79 Å². The Morgan fingerprint density at radius 3 is 2.89 bits per heavy atom. The number of amides is 1. The van der Waals surface area contributed by atoms with Crippen molar-refractivity contribution in [3.05, 3.63) is 0 Å². The van der Waals surface area contributed by atoms with E-state index >= 15 is 0 Å². The number of carbonyl (C=O) groups excluding carboxylic acids is 1. The fourth-order valence-electron chi connectivity index (χ4n) is 3.93. The van der Waals surface area contributed by atoms with Crippen LogP contribution < -0.4 is 5.32 Å². The van der Waals surface area contributed by atoms with E-state index in [-0.39, 0.29) is 12.1 Å². The van der Waals surface area contributed by atoms with E-state index in [0.717, 1.165) is 25.4 Å². The molecule has 1 N–H and O–H groups in total. The number of hydrogen-bond donors (Lipinski definition) is 1. The highest BCUT2D eigenvalue weighted by molar-refractivity contribution is 5.82. The summed E-state index contributed by atoms with van der Waals surface area (Å²) < 4.78 is 5.52. The van der Waals surface area contributed by atoms with Crippen molar-refractivity contribution in [1.29, 1.82) is 0 Å². The van der Waals surface area contributed by atoms with Crippen molar-refractivity contribution in [2.45, 2.75) is 63.6 Å². The zero-order valence-corrected chi connectivity index (χ0v) is 11.9. The lowest BCUT2D eigenvalue weighted by molar-refractivity contribution is -0.141. The Morgan fingerprint density at radius 1 is 1.21 bits per heavy atom. The summed E-state index contributed by atoms with van der Waals surface area (Å²) in [7, 11) is 0. The third-order valence-corrected chi connectivity index (χ3v) is 5.00. The predicted octanol–water partition coefficient (Wildman–Crippen LogP) is 1.54. The number of nitrogens with one attached hydrogen (secondary N) is 1. The molecule has 1 saturated carbocycles. The Hall–Kier alpha value is -0.610. The Labute approximate surface area is 115 Å². The number of piperidine rings is 1. The van der Waals surface area contributed by atoms with Crippen molar-refractivity contribution < 1.29 is 9.53 Å². The van der Waals surface area contributed by atoms with E-state index in [1.54, 1.807) is 0 Å². The zero-order valence-electron chi connectivity index (χ0n) is 11.9. The molecule has 0 aromatic rings. The molecule has 3 fully saturated rings. The summed E-state index contributed by atoms with van der Waals surface area (Å²) in [6.45, 7) is 4.25. The molecular weight excluding hydrogens is 240 g/mol. The second-order valence-electron chi connectivity index (χ2n) is 6.41. The first kappa shape index (κ1) is 13.4. The first-order valence-corrected chi connectivity index (χ1v) is 7.90. The number of ether oxygens (including phenoxy) is 1. The summed E-state index contributed by atoms with van der Waals surface area (Å²) in [4.78, 5) is 14.6. The Balaban J connectivity index is 1.58. The SMILES string of the molecule is CC1CN(C(=O)C2CCC3CCCCC3N2)CCO1. The van der Waals surface area contributed by atoms with Gasteiger partial charge in [0.15, 0.2) is 0 Å². The fraction of sp³-hybridized carbons (Fsp3) is 0.933. The summed E-state index contributed by atoms with van der Waals surface area (Å²) in [5, 5.41) is 3.64. The molecule has 1 aliphatic carbocycles. The van der Waals surface area contributed by atoms with E-state index in [1.807, 2.05) is 11.8 Å². The van der Waals surface area contributed by atoms with Crippen molar-refractivity contribution >= 4 is 5.91 Å². The maximum absolute atomic E-state index is 12.6. The fourth-order valence-corrected chi connectivity index (χ4v) is 3.93. The Kier molecular flexibility index (Phi) is 4.08. The second-order valence-corrected chi connectivity index (χ2v) is 6.41. The number of morpholine rings is 1. The molecule has 2 saturated heterocycles. The van der Waals surface area contributed by atoms with Gasteiger partial charge in [-0.25, -0.2) is 0 Å². The van der Waals surface area contributed by atoms with Crippen LogP contribution in [0.25, 0.3) is 0 Å². The molecule has 3 rings (SSSR count). The van der Waals surface area contributed by atoms with Gasteiger partial charge in [0.25, 0.3) is 0 Å². The molecule has 0 aromatic carbocycles. The smallest absolute Gasteiger partial charge is 0.239 e. The first-order chi connectivity index (χ1) is 9.24. The normalized spacial score (nSPS) is 39.7. The minimum absolute atomic E-state index is 0.0599. The summed E-state index contributed by atoms with van der Waals surface area (Å²) in [5.41, 5.74) is 0. The molecule has 4 heteroatoms. The van der Waals surface area contributed by atoms with Gasteiger partial charge in [-0.1, -0.05) is 12.8 Å². The lowest BCUT2D eigenvalue weighted by Gasteiger charge is -2.42. The molecule has 108 valence electrons. The summed E-state index contributed by atoms with van der Waals surface area (Å²) in [5.74, 6) is 1.13. The van der Waals surface area contributed by atoms with Gasteiger partial charge in [-0.2, -0.15) is 0 Å². The van der Waals surface area contributed by atoms with Crippen LogP contribution in [0.4, 0.5) is 0 Å². The third kappa shape index (κ3) is 2.95. The highest BCUT2D eigenvalue weighted by Crippen LogP contribution is 2.32. The maximum Gasteiger partial charge on any atom is 0.239 e. The highest BCUT2D eigenvalue weighted by Gasteiger charge is 2.36. The first-order valence-electron chi connectivity index (χ1n) is 7.90. The van der Waals surface area contributed by atoms with Crippen LogP contribution in [0.3, 0.4) is 0 Å². The van der Waals surface area contributed by atoms with E-state index in [0.29, 0.717) is 18.6 Å². The maximum atomic E-state index is 12.6. The predicted molar refractivity (Wildman–Crippen MR) is 73.9 cm³/mol. The van der Waals surface area contributed by atoms with Gasteiger partial charge in [-0.05, 0) is 38.5 Å². The molecule has 0 spiro atoms. The van der Waals surface area contributed by atoms with Crippen LogP contribution in [-0.2, 0) is 9.53 Å². The molecule has 0 bridgehead atoms. The van der Waals surface area contributed by atoms with Gasteiger partial charge >= 0.3 is 0 Å². The van der Waals surface area contributed by atoms with E-state index in [4.69, 9.17) is 4.74 Å². The molecule has 0 aromatic heterocycles. The van der Waals surface area contributed by atoms with Gasteiger partial charge in [-0.3, -0.25) is 4.79 Å². The average molecular weight is 266 g/mol. The summed E-state index contributed by atoms with van der Waals surface area (Å²) in [6.07, 6.45) is 7.75. The van der Waals surface area contributed by atoms with Crippen LogP contribution in [0, 0.1) is 5.92 Å². The minimum atomic E-state index is 0.0599. The molecule has 3 aliphatic rings. The van der Waals surface area contributed by atoms with Crippen LogP contribution in [-0.4, -0.2) is 48.7 Å². The van der Waals surface area contributed by atoms with Gasteiger partial charge in [0.05, 0.1) is 18.8 Å². The topological polar surface area (TPSA) is 41.6 Å². The van der Waals surface area contributed by atoms with Crippen LogP contribution in [0.2, 0.25) is 0 Å². The van der Waals surface area contributed by atoms with Crippen LogP contribution in [0.5, 0.6) is 0 Å². The van der Waals surface area contributed by atoms with E-state index in [1.165, 1.54) is 32.1 Å². The van der Waals surface area contributed by atoms with Gasteiger partial charge in [-0.15, -0.1) is 0 Å². The largest absolute Gasteiger partial charge is 0.375 e. The van der Waals surface area contributed by atoms with Crippen LogP contribution in [0.15, 0.2) is 0 Å². The standard InChI is InChI=1S/C15H26N2O2/c1-11-10-17(8-9-19-11)15(18)14-7-6-12-4-2-3-5-13(12)16-14/h11-14,16H,2-10H2,1H3. The number of carbonyl (C=O) groups is 1. The molecule has 4 nitrogen and oxygen atoms in total. The lowest BCUT2D eigenvalue weighted by atomic mass is 9.77. The number of rotatable bonds is 1. The number of fused-ring (bicyclic) bond motifs is 1. The van der Waals surface area contributed by atoms with Crippen molar-refractivity contribution in [2.75, 3.05) is 19.7 Å². The highest BCUT2D eigenvalue weighted by atomic mass is 16.5. The van der Waals surface area contributed by atoms with E-state index < -0.39 is 0 Å². The molecular formula is C15H26N2O2. The molecule has 1 amide bonds. The average Bonchev–Trinajstić information content (AvgIpc) is 2.46. The Bertz CT molecular complexity index is 334. The molecule has 4 unspecified atom stereocenters.